The Kier molecular flexibility index (Phi) is 8.64. The number of rotatable bonds is 9. The van der Waals surface area contributed by atoms with Gasteiger partial charge in [-0.1, -0.05) is 12.1 Å². The fourth-order valence-corrected chi connectivity index (χ4v) is 2.45. The van der Waals surface area contributed by atoms with Gasteiger partial charge in [0.15, 0.2) is 0 Å². The molecule has 7 nitrogen and oxygen atoms in total. The van der Waals surface area contributed by atoms with Gasteiger partial charge in [0.1, 0.15) is 17.4 Å². The standard InChI is InChI=1S/C23H21N3O4/c1-2-29-23(28)18-8-10-20(11-9-18)26-22(27)19(16-25)14-17-6-5-7-21(15-17)30-13-4-3-12-24/h5-11,14-15H,2-4,13H2,1H3,(H,26,27)/b19-14-. The highest BCUT2D eigenvalue weighted by Gasteiger charge is 2.11. The Morgan fingerprint density at radius 1 is 1.13 bits per heavy atom. The molecule has 0 aromatic heterocycles. The van der Waals surface area contributed by atoms with E-state index in [2.05, 4.69) is 11.4 Å². The molecule has 0 spiro atoms. The van der Waals surface area contributed by atoms with Crippen LogP contribution in [0.1, 0.15) is 35.7 Å². The molecule has 0 unspecified atom stereocenters. The molecule has 0 aliphatic rings. The Morgan fingerprint density at radius 3 is 2.57 bits per heavy atom. The van der Waals surface area contributed by atoms with Crippen molar-refractivity contribution in [3.05, 3.63) is 65.2 Å². The summed E-state index contributed by atoms with van der Waals surface area (Å²) in [6.07, 6.45) is 2.50. The van der Waals surface area contributed by atoms with E-state index in [4.69, 9.17) is 14.7 Å². The predicted octanol–water partition coefficient (Wildman–Crippen LogP) is 4.09. The summed E-state index contributed by atoms with van der Waals surface area (Å²) in [4.78, 5) is 24.1. The zero-order valence-electron chi connectivity index (χ0n) is 16.6. The van der Waals surface area contributed by atoms with Gasteiger partial charge in [-0.15, -0.1) is 0 Å². The molecule has 0 aliphatic carbocycles. The van der Waals surface area contributed by atoms with E-state index in [-0.39, 0.29) is 12.2 Å². The molecule has 7 heteroatoms. The van der Waals surface area contributed by atoms with Crippen molar-refractivity contribution in [3.63, 3.8) is 0 Å². The first-order valence-corrected chi connectivity index (χ1v) is 9.37. The van der Waals surface area contributed by atoms with E-state index in [0.29, 0.717) is 42.0 Å². The maximum Gasteiger partial charge on any atom is 0.338 e. The number of ether oxygens (including phenoxy) is 2. The zero-order chi connectivity index (χ0) is 21.8. The van der Waals surface area contributed by atoms with Gasteiger partial charge in [0.25, 0.3) is 5.91 Å². The van der Waals surface area contributed by atoms with Crippen molar-refractivity contribution in [3.8, 4) is 17.9 Å². The number of carbonyl (C=O) groups is 2. The number of amides is 1. The summed E-state index contributed by atoms with van der Waals surface area (Å²) in [5, 5.41) is 20.6. The molecule has 0 saturated heterocycles. The van der Waals surface area contributed by atoms with Gasteiger partial charge in [0.05, 0.1) is 24.8 Å². The van der Waals surface area contributed by atoms with Crippen LogP contribution < -0.4 is 10.1 Å². The SMILES string of the molecule is CCOC(=O)c1ccc(NC(=O)/C(C#N)=C\c2cccc(OCCCC#N)c2)cc1. The van der Waals surface area contributed by atoms with E-state index in [9.17, 15) is 14.9 Å². The van der Waals surface area contributed by atoms with Crippen molar-refractivity contribution in [2.45, 2.75) is 19.8 Å². The first kappa shape index (κ1) is 22.2. The summed E-state index contributed by atoms with van der Waals surface area (Å²) in [6, 6.07) is 17.1. The fourth-order valence-electron chi connectivity index (χ4n) is 2.45. The summed E-state index contributed by atoms with van der Waals surface area (Å²) in [5.74, 6) is -0.418. The molecule has 0 atom stereocenters. The van der Waals surface area contributed by atoms with Gasteiger partial charge in [-0.3, -0.25) is 4.79 Å². The topological polar surface area (TPSA) is 112 Å². The molecule has 0 heterocycles. The highest BCUT2D eigenvalue weighted by molar-refractivity contribution is 6.09. The number of carbonyl (C=O) groups excluding carboxylic acids is 2. The Morgan fingerprint density at radius 2 is 1.90 bits per heavy atom. The third-order valence-corrected chi connectivity index (χ3v) is 3.89. The average molecular weight is 403 g/mol. The molecule has 2 aromatic carbocycles. The number of nitriles is 2. The molecule has 2 aromatic rings. The third kappa shape index (κ3) is 6.81. The number of benzene rings is 2. The number of hydrogen-bond donors (Lipinski definition) is 1. The first-order valence-electron chi connectivity index (χ1n) is 9.37. The smallest absolute Gasteiger partial charge is 0.338 e. The van der Waals surface area contributed by atoms with Crippen molar-refractivity contribution in [2.24, 2.45) is 0 Å². The van der Waals surface area contributed by atoms with E-state index in [1.807, 2.05) is 6.07 Å². The summed E-state index contributed by atoms with van der Waals surface area (Å²) in [7, 11) is 0. The van der Waals surface area contributed by atoms with Crippen molar-refractivity contribution < 1.29 is 19.1 Å². The number of anilines is 1. The highest BCUT2D eigenvalue weighted by atomic mass is 16.5. The molecule has 1 N–H and O–H groups in total. The lowest BCUT2D eigenvalue weighted by Crippen LogP contribution is -2.13. The molecule has 152 valence electrons. The number of unbranched alkanes of at least 4 members (excludes halogenated alkanes) is 1. The molecule has 0 saturated carbocycles. The van der Waals surface area contributed by atoms with E-state index < -0.39 is 11.9 Å². The van der Waals surface area contributed by atoms with Gasteiger partial charge < -0.3 is 14.8 Å². The second-order valence-electron chi connectivity index (χ2n) is 6.10. The molecular weight excluding hydrogens is 382 g/mol. The minimum Gasteiger partial charge on any atom is -0.494 e. The van der Waals surface area contributed by atoms with Crippen LogP contribution in [0.25, 0.3) is 6.08 Å². The van der Waals surface area contributed by atoms with Crippen LogP contribution in [0.5, 0.6) is 5.75 Å². The lowest BCUT2D eigenvalue weighted by molar-refractivity contribution is -0.112. The second-order valence-corrected chi connectivity index (χ2v) is 6.10. The quantitative estimate of drug-likeness (QED) is 0.292. The van der Waals surface area contributed by atoms with E-state index in [1.54, 1.807) is 43.3 Å². The van der Waals surface area contributed by atoms with Crippen LogP contribution in [0.15, 0.2) is 54.1 Å². The maximum absolute atomic E-state index is 12.4. The third-order valence-electron chi connectivity index (χ3n) is 3.89. The predicted molar refractivity (Wildman–Crippen MR) is 111 cm³/mol. The molecule has 2 rings (SSSR count). The first-order chi connectivity index (χ1) is 14.6. The van der Waals surface area contributed by atoms with Gasteiger partial charge in [-0.2, -0.15) is 10.5 Å². The van der Waals surface area contributed by atoms with Gasteiger partial charge in [0, 0.05) is 12.1 Å². The molecule has 30 heavy (non-hydrogen) atoms. The van der Waals surface area contributed by atoms with Crippen LogP contribution in [-0.2, 0) is 9.53 Å². The van der Waals surface area contributed by atoms with E-state index in [1.165, 1.54) is 18.2 Å². The van der Waals surface area contributed by atoms with Crippen molar-refractivity contribution >= 4 is 23.6 Å². The van der Waals surface area contributed by atoms with Crippen LogP contribution in [0.4, 0.5) is 5.69 Å². The summed E-state index contributed by atoms with van der Waals surface area (Å²) in [5.41, 5.74) is 1.38. The Bertz CT molecular complexity index is 998. The molecule has 0 radical (unpaired) electrons. The van der Waals surface area contributed by atoms with E-state index >= 15 is 0 Å². The lowest BCUT2D eigenvalue weighted by atomic mass is 10.1. The van der Waals surface area contributed by atoms with Gasteiger partial charge in [0.2, 0.25) is 0 Å². The molecule has 0 aliphatic heterocycles. The minimum absolute atomic E-state index is 0.0777. The second kappa shape index (κ2) is 11.7. The number of nitrogens with one attached hydrogen (secondary N) is 1. The normalized spacial score (nSPS) is 10.4. The average Bonchev–Trinajstić information content (AvgIpc) is 2.76. The van der Waals surface area contributed by atoms with Gasteiger partial charge in [-0.25, -0.2) is 4.79 Å². The van der Waals surface area contributed by atoms with Crippen molar-refractivity contribution in [1.82, 2.24) is 0 Å². The van der Waals surface area contributed by atoms with Gasteiger partial charge in [-0.05, 0) is 61.4 Å². The summed E-state index contributed by atoms with van der Waals surface area (Å²) >= 11 is 0. The van der Waals surface area contributed by atoms with Crippen LogP contribution in [0.2, 0.25) is 0 Å². The van der Waals surface area contributed by atoms with Crippen molar-refractivity contribution in [2.75, 3.05) is 18.5 Å². The lowest BCUT2D eigenvalue weighted by Gasteiger charge is -2.07. The maximum atomic E-state index is 12.4. The van der Waals surface area contributed by atoms with Crippen LogP contribution in [-0.4, -0.2) is 25.1 Å². The molecular formula is C23H21N3O4. The van der Waals surface area contributed by atoms with E-state index in [0.717, 1.165) is 0 Å². The minimum atomic E-state index is -0.568. The Balaban J connectivity index is 2.05. The highest BCUT2D eigenvalue weighted by Crippen LogP contribution is 2.17. The van der Waals surface area contributed by atoms with Crippen LogP contribution in [0.3, 0.4) is 0 Å². The summed E-state index contributed by atoms with van der Waals surface area (Å²) < 4.78 is 10.5. The largest absolute Gasteiger partial charge is 0.494 e. The van der Waals surface area contributed by atoms with Crippen molar-refractivity contribution in [1.29, 1.82) is 10.5 Å². The number of hydrogen-bond acceptors (Lipinski definition) is 6. The monoisotopic (exact) mass is 403 g/mol. The molecule has 1 amide bonds. The summed E-state index contributed by atoms with van der Waals surface area (Å²) in [6.45, 7) is 2.41. The number of esters is 1. The zero-order valence-corrected chi connectivity index (χ0v) is 16.6. The Labute approximate surface area is 175 Å². The molecule has 0 fully saturated rings. The van der Waals surface area contributed by atoms with Gasteiger partial charge >= 0.3 is 5.97 Å². The Hall–Kier alpha value is -4.10. The van der Waals surface area contributed by atoms with Crippen LogP contribution >= 0.6 is 0 Å². The molecule has 0 bridgehead atoms. The number of nitrogens with zero attached hydrogens (tertiary/aromatic N) is 2. The fraction of sp³-hybridized carbons (Fsp3) is 0.217. The van der Waals surface area contributed by atoms with Crippen LogP contribution in [0, 0.1) is 22.7 Å².